The molecule has 0 N–H and O–H groups in total. The number of benzene rings is 2. The van der Waals surface area contributed by atoms with Crippen LogP contribution in [0.3, 0.4) is 0 Å². The molecule has 0 unspecified atom stereocenters. The van der Waals surface area contributed by atoms with Crippen LogP contribution in [0.15, 0.2) is 58.8 Å². The zero-order chi connectivity index (χ0) is 19.9. The maximum absolute atomic E-state index is 5.77. The fraction of sp³-hybridized carbons (Fsp3) is 0.286. The molecule has 0 aliphatic carbocycles. The van der Waals surface area contributed by atoms with E-state index in [1.807, 2.05) is 56.5 Å². The maximum Gasteiger partial charge on any atom is 0.211 e. The smallest absolute Gasteiger partial charge is 0.211 e. The zero-order valence-corrected chi connectivity index (χ0v) is 17.3. The predicted molar refractivity (Wildman–Crippen MR) is 113 cm³/mol. The van der Waals surface area contributed by atoms with Crippen molar-refractivity contribution in [2.24, 2.45) is 5.10 Å². The second kappa shape index (κ2) is 9.41. The molecule has 0 aliphatic rings. The number of hydrogen-bond acceptors (Lipinski definition) is 6. The van der Waals surface area contributed by atoms with Gasteiger partial charge in [-0.1, -0.05) is 42.1 Å². The monoisotopic (exact) mass is 396 g/mol. The van der Waals surface area contributed by atoms with Gasteiger partial charge in [0.15, 0.2) is 17.3 Å². The lowest BCUT2D eigenvalue weighted by Gasteiger charge is -2.13. The highest BCUT2D eigenvalue weighted by Gasteiger charge is 2.12. The molecule has 6 nitrogen and oxygen atoms in total. The molecule has 0 spiro atoms. The highest BCUT2D eigenvalue weighted by atomic mass is 32.2. The molecule has 0 amide bonds. The van der Waals surface area contributed by atoms with Crippen molar-refractivity contribution in [1.82, 2.24) is 14.9 Å². The summed E-state index contributed by atoms with van der Waals surface area (Å²) in [6, 6.07) is 15.9. The van der Waals surface area contributed by atoms with E-state index < -0.39 is 0 Å². The molecule has 3 rings (SSSR count). The van der Waals surface area contributed by atoms with Gasteiger partial charge in [-0.05, 0) is 49.4 Å². The van der Waals surface area contributed by atoms with E-state index in [-0.39, 0.29) is 6.10 Å². The third-order valence-electron chi connectivity index (χ3n) is 3.94. The Hall–Kier alpha value is -2.80. The largest absolute Gasteiger partial charge is 0.493 e. The fourth-order valence-electron chi connectivity index (χ4n) is 2.67. The van der Waals surface area contributed by atoms with E-state index in [0.717, 1.165) is 22.1 Å². The Balaban J connectivity index is 1.86. The summed E-state index contributed by atoms with van der Waals surface area (Å²) >= 11 is 1.51. The minimum atomic E-state index is 0.0788. The Morgan fingerprint density at radius 2 is 1.89 bits per heavy atom. The molecule has 7 heteroatoms. The molecule has 146 valence electrons. The Morgan fingerprint density at radius 3 is 2.57 bits per heavy atom. The molecular formula is C21H24N4O2S. The van der Waals surface area contributed by atoms with Crippen LogP contribution >= 0.6 is 11.8 Å². The average molecular weight is 397 g/mol. The normalized spacial score (nSPS) is 11.3. The summed E-state index contributed by atoms with van der Waals surface area (Å²) in [7, 11) is 1.63. The Kier molecular flexibility index (Phi) is 6.71. The second-order valence-corrected chi connectivity index (χ2v) is 7.17. The van der Waals surface area contributed by atoms with Crippen molar-refractivity contribution in [3.63, 3.8) is 0 Å². The van der Waals surface area contributed by atoms with Crippen LogP contribution < -0.4 is 9.47 Å². The van der Waals surface area contributed by atoms with Gasteiger partial charge in [-0.3, -0.25) is 0 Å². The van der Waals surface area contributed by atoms with Crippen LogP contribution in [0.25, 0.3) is 0 Å². The van der Waals surface area contributed by atoms with Crippen LogP contribution in [0, 0.1) is 0 Å². The van der Waals surface area contributed by atoms with Crippen LogP contribution in [-0.2, 0) is 6.42 Å². The minimum Gasteiger partial charge on any atom is -0.493 e. The quantitative estimate of drug-likeness (QED) is 0.420. The van der Waals surface area contributed by atoms with E-state index in [2.05, 4.69) is 27.4 Å². The fourth-order valence-corrected chi connectivity index (χ4v) is 3.12. The van der Waals surface area contributed by atoms with Gasteiger partial charge < -0.3 is 9.47 Å². The van der Waals surface area contributed by atoms with E-state index in [1.165, 1.54) is 11.8 Å². The van der Waals surface area contributed by atoms with E-state index in [1.54, 1.807) is 18.0 Å². The van der Waals surface area contributed by atoms with Crippen molar-refractivity contribution in [3.05, 3.63) is 65.5 Å². The molecule has 0 atom stereocenters. The lowest BCUT2D eigenvalue weighted by atomic mass is 10.1. The van der Waals surface area contributed by atoms with Crippen molar-refractivity contribution in [2.75, 3.05) is 13.4 Å². The number of nitrogens with zero attached hydrogens (tertiary/aromatic N) is 4. The molecule has 0 radical (unpaired) electrons. The van der Waals surface area contributed by atoms with Crippen molar-refractivity contribution in [2.45, 2.75) is 31.5 Å². The summed E-state index contributed by atoms with van der Waals surface area (Å²) in [6.45, 7) is 3.97. The van der Waals surface area contributed by atoms with Gasteiger partial charge in [0.2, 0.25) is 5.16 Å². The number of aromatic nitrogens is 3. The summed E-state index contributed by atoms with van der Waals surface area (Å²) in [6.07, 6.45) is 4.48. The average Bonchev–Trinajstić information content (AvgIpc) is 3.09. The molecule has 0 saturated carbocycles. The third kappa shape index (κ3) is 4.92. The third-order valence-corrected chi connectivity index (χ3v) is 4.56. The van der Waals surface area contributed by atoms with Crippen LogP contribution in [-0.4, -0.2) is 40.6 Å². The van der Waals surface area contributed by atoms with Crippen LogP contribution in [0.5, 0.6) is 11.5 Å². The van der Waals surface area contributed by atoms with Gasteiger partial charge in [0, 0.05) is 6.42 Å². The highest BCUT2D eigenvalue weighted by molar-refractivity contribution is 7.98. The molecule has 3 aromatic rings. The van der Waals surface area contributed by atoms with E-state index in [0.29, 0.717) is 17.9 Å². The van der Waals surface area contributed by atoms with Crippen molar-refractivity contribution in [3.8, 4) is 11.5 Å². The molecule has 0 aliphatic heterocycles. The minimum absolute atomic E-state index is 0.0788. The summed E-state index contributed by atoms with van der Waals surface area (Å²) in [4.78, 5) is 0. The maximum atomic E-state index is 5.77. The summed E-state index contributed by atoms with van der Waals surface area (Å²) in [5.74, 6) is 2.18. The van der Waals surface area contributed by atoms with Crippen LogP contribution in [0.2, 0.25) is 0 Å². The summed E-state index contributed by atoms with van der Waals surface area (Å²) in [5, 5.41) is 13.9. The van der Waals surface area contributed by atoms with Gasteiger partial charge in [-0.15, -0.1) is 10.2 Å². The molecule has 0 fully saturated rings. The standard InChI is InChI=1S/C21H24N4O2S/c1-15(2)27-18-11-10-17(12-19(18)26-3)14-22-25-20(23-24-21(25)28-4)13-16-8-6-5-7-9-16/h5-12,14-15H,13H2,1-4H3/b22-14-. The van der Waals surface area contributed by atoms with E-state index in [9.17, 15) is 0 Å². The number of hydrogen-bond donors (Lipinski definition) is 0. The second-order valence-electron chi connectivity index (χ2n) is 6.40. The van der Waals surface area contributed by atoms with Gasteiger partial charge >= 0.3 is 0 Å². The number of thioether (sulfide) groups is 1. The molecule has 1 aromatic heterocycles. The van der Waals surface area contributed by atoms with E-state index >= 15 is 0 Å². The van der Waals surface area contributed by atoms with Crippen molar-refractivity contribution in [1.29, 1.82) is 0 Å². The first-order valence-electron chi connectivity index (χ1n) is 9.02. The van der Waals surface area contributed by atoms with Crippen molar-refractivity contribution >= 4 is 18.0 Å². The molecular weight excluding hydrogens is 372 g/mol. The summed E-state index contributed by atoms with van der Waals surface area (Å²) < 4.78 is 13.0. The van der Waals surface area contributed by atoms with Gasteiger partial charge in [-0.25, -0.2) is 0 Å². The van der Waals surface area contributed by atoms with E-state index in [4.69, 9.17) is 9.47 Å². The Morgan fingerprint density at radius 1 is 1.11 bits per heavy atom. The van der Waals surface area contributed by atoms with Gasteiger partial charge in [-0.2, -0.15) is 9.78 Å². The Labute approximate surface area is 169 Å². The van der Waals surface area contributed by atoms with Crippen molar-refractivity contribution < 1.29 is 9.47 Å². The first-order valence-corrected chi connectivity index (χ1v) is 10.2. The molecule has 2 aromatic carbocycles. The SMILES string of the molecule is COc1cc(/C=N\n2c(Cc3ccccc3)nnc2SC)ccc1OC(C)C. The van der Waals surface area contributed by atoms with Gasteiger partial charge in [0.1, 0.15) is 0 Å². The zero-order valence-electron chi connectivity index (χ0n) is 16.5. The van der Waals surface area contributed by atoms with Gasteiger partial charge in [0.05, 0.1) is 19.4 Å². The lowest BCUT2D eigenvalue weighted by Crippen LogP contribution is -2.07. The topological polar surface area (TPSA) is 61.5 Å². The first-order chi connectivity index (χ1) is 13.6. The molecule has 0 bridgehead atoms. The summed E-state index contributed by atoms with van der Waals surface area (Å²) in [5.41, 5.74) is 2.07. The predicted octanol–water partition coefficient (Wildman–Crippen LogP) is 4.27. The number of rotatable bonds is 8. The van der Waals surface area contributed by atoms with Crippen LogP contribution in [0.4, 0.5) is 0 Å². The van der Waals surface area contributed by atoms with Gasteiger partial charge in [0.25, 0.3) is 0 Å². The molecule has 1 heterocycles. The molecule has 0 saturated heterocycles. The van der Waals surface area contributed by atoms with Crippen LogP contribution in [0.1, 0.15) is 30.8 Å². The number of ether oxygens (including phenoxy) is 2. The lowest BCUT2D eigenvalue weighted by molar-refractivity contribution is 0.230. The highest BCUT2D eigenvalue weighted by Crippen LogP contribution is 2.28. The molecule has 28 heavy (non-hydrogen) atoms. The number of methoxy groups -OCH3 is 1. The Bertz CT molecular complexity index is 939. The first kappa shape index (κ1) is 19.9.